The zero-order chi connectivity index (χ0) is 20.4. The number of carbonyl (C=O) groups excluding carboxylic acids is 1. The van der Waals surface area contributed by atoms with Crippen LogP contribution in [0.4, 0.5) is 4.39 Å². The van der Waals surface area contributed by atoms with Crippen molar-refractivity contribution in [1.29, 1.82) is 0 Å². The molecule has 0 spiro atoms. The van der Waals surface area contributed by atoms with Crippen LogP contribution in [0.3, 0.4) is 0 Å². The van der Waals surface area contributed by atoms with Gasteiger partial charge >= 0.3 is 0 Å². The van der Waals surface area contributed by atoms with E-state index in [0.717, 1.165) is 12.8 Å². The average Bonchev–Trinajstić information content (AvgIpc) is 3.06. The van der Waals surface area contributed by atoms with Gasteiger partial charge in [-0.25, -0.2) is 4.39 Å². The van der Waals surface area contributed by atoms with E-state index in [2.05, 4.69) is 5.32 Å². The Bertz CT molecular complexity index is 1090. The van der Waals surface area contributed by atoms with Crippen LogP contribution in [0.5, 0.6) is 0 Å². The highest BCUT2D eigenvalue weighted by molar-refractivity contribution is 6.06. The summed E-state index contributed by atoms with van der Waals surface area (Å²) >= 11 is 0. The van der Waals surface area contributed by atoms with Crippen molar-refractivity contribution >= 4 is 16.9 Å². The lowest BCUT2D eigenvalue weighted by Gasteiger charge is -2.21. The van der Waals surface area contributed by atoms with Gasteiger partial charge in [0.25, 0.3) is 11.5 Å². The Hall–Kier alpha value is -2.89. The van der Waals surface area contributed by atoms with E-state index in [1.54, 1.807) is 31.3 Å². The van der Waals surface area contributed by atoms with E-state index < -0.39 is 0 Å². The number of nitrogens with zero attached hydrogens (tertiary/aromatic N) is 1. The van der Waals surface area contributed by atoms with Gasteiger partial charge in [-0.05, 0) is 49.4 Å². The SMILES string of the molecule is Cc1oc2ccn(Cc3cccc(F)c3)c(=O)c2c1C(=O)NCC1CCCCC1. The van der Waals surface area contributed by atoms with Gasteiger partial charge in [-0.15, -0.1) is 0 Å². The Labute approximate surface area is 168 Å². The first-order valence-electron chi connectivity index (χ1n) is 10.2. The number of amides is 1. The molecule has 0 saturated heterocycles. The predicted molar refractivity (Wildman–Crippen MR) is 110 cm³/mol. The van der Waals surface area contributed by atoms with Gasteiger partial charge in [0.2, 0.25) is 0 Å². The highest BCUT2D eigenvalue weighted by Crippen LogP contribution is 2.25. The van der Waals surface area contributed by atoms with E-state index >= 15 is 0 Å². The van der Waals surface area contributed by atoms with Crippen LogP contribution in [0.1, 0.15) is 53.8 Å². The van der Waals surface area contributed by atoms with Crippen LogP contribution >= 0.6 is 0 Å². The van der Waals surface area contributed by atoms with E-state index in [9.17, 15) is 14.0 Å². The van der Waals surface area contributed by atoms with Crippen LogP contribution < -0.4 is 10.9 Å². The molecule has 4 rings (SSSR count). The lowest BCUT2D eigenvalue weighted by atomic mass is 9.89. The zero-order valence-corrected chi connectivity index (χ0v) is 16.5. The van der Waals surface area contributed by atoms with Gasteiger partial charge in [0.15, 0.2) is 0 Å². The normalized spacial score (nSPS) is 15.0. The fourth-order valence-electron chi connectivity index (χ4n) is 4.21. The second kappa shape index (κ2) is 8.23. The molecule has 0 bridgehead atoms. The number of carbonyl (C=O) groups is 1. The first-order chi connectivity index (χ1) is 14.0. The minimum atomic E-state index is -0.349. The lowest BCUT2D eigenvalue weighted by Crippen LogP contribution is -2.31. The molecule has 2 heterocycles. The number of nitrogens with one attached hydrogen (secondary N) is 1. The Balaban J connectivity index is 1.62. The van der Waals surface area contributed by atoms with Crippen molar-refractivity contribution in [2.24, 2.45) is 5.92 Å². The van der Waals surface area contributed by atoms with Crippen LogP contribution in [0.15, 0.2) is 45.7 Å². The van der Waals surface area contributed by atoms with E-state index in [4.69, 9.17) is 4.42 Å². The maximum Gasteiger partial charge on any atom is 0.262 e. The third-order valence-electron chi connectivity index (χ3n) is 5.74. The van der Waals surface area contributed by atoms with Crippen molar-refractivity contribution in [3.05, 3.63) is 69.6 Å². The number of rotatable bonds is 5. The van der Waals surface area contributed by atoms with E-state index in [1.165, 1.54) is 36.0 Å². The average molecular weight is 396 g/mol. The number of furan rings is 1. The highest BCUT2D eigenvalue weighted by atomic mass is 19.1. The summed E-state index contributed by atoms with van der Waals surface area (Å²) in [4.78, 5) is 26.0. The second-order valence-electron chi connectivity index (χ2n) is 7.87. The van der Waals surface area contributed by atoms with Crippen LogP contribution in [-0.4, -0.2) is 17.0 Å². The molecule has 6 heteroatoms. The van der Waals surface area contributed by atoms with Crippen molar-refractivity contribution < 1.29 is 13.6 Å². The molecule has 152 valence electrons. The molecule has 5 nitrogen and oxygen atoms in total. The molecule has 2 aromatic heterocycles. The summed E-state index contributed by atoms with van der Waals surface area (Å²) in [6.07, 6.45) is 7.55. The molecule has 1 saturated carbocycles. The quantitative estimate of drug-likeness (QED) is 0.695. The van der Waals surface area contributed by atoms with Crippen molar-refractivity contribution in [2.45, 2.75) is 45.6 Å². The van der Waals surface area contributed by atoms with Crippen LogP contribution in [-0.2, 0) is 6.54 Å². The third kappa shape index (κ3) is 4.11. The largest absolute Gasteiger partial charge is 0.460 e. The maximum atomic E-state index is 13.5. The van der Waals surface area contributed by atoms with Crippen molar-refractivity contribution in [2.75, 3.05) is 6.54 Å². The fourth-order valence-corrected chi connectivity index (χ4v) is 4.21. The first-order valence-corrected chi connectivity index (χ1v) is 10.2. The number of hydrogen-bond acceptors (Lipinski definition) is 3. The molecule has 1 fully saturated rings. The molecule has 0 radical (unpaired) electrons. The molecule has 0 unspecified atom stereocenters. The monoisotopic (exact) mass is 396 g/mol. The van der Waals surface area contributed by atoms with E-state index in [0.29, 0.717) is 34.9 Å². The van der Waals surface area contributed by atoms with Crippen molar-refractivity contribution in [1.82, 2.24) is 9.88 Å². The number of fused-ring (bicyclic) bond motifs is 1. The summed E-state index contributed by atoms with van der Waals surface area (Å²) in [5.41, 5.74) is 1.06. The molecule has 3 aromatic rings. The number of benzene rings is 1. The number of aryl methyl sites for hydroxylation is 1. The lowest BCUT2D eigenvalue weighted by molar-refractivity contribution is 0.0943. The maximum absolute atomic E-state index is 13.5. The van der Waals surface area contributed by atoms with Gasteiger partial charge < -0.3 is 14.3 Å². The molecule has 1 aliphatic rings. The summed E-state index contributed by atoms with van der Waals surface area (Å²) in [5, 5.41) is 3.28. The van der Waals surface area contributed by atoms with Gasteiger partial charge in [0, 0.05) is 12.7 Å². The van der Waals surface area contributed by atoms with E-state index in [-0.39, 0.29) is 29.2 Å². The Morgan fingerprint density at radius 3 is 2.79 bits per heavy atom. The van der Waals surface area contributed by atoms with Crippen molar-refractivity contribution in [3.63, 3.8) is 0 Å². The minimum Gasteiger partial charge on any atom is -0.460 e. The fraction of sp³-hybridized carbons (Fsp3) is 0.391. The van der Waals surface area contributed by atoms with E-state index in [1.807, 2.05) is 0 Å². The zero-order valence-electron chi connectivity index (χ0n) is 16.5. The first kappa shape index (κ1) is 19.4. The Morgan fingerprint density at radius 1 is 1.24 bits per heavy atom. The molecule has 1 aromatic carbocycles. The van der Waals surface area contributed by atoms with Gasteiger partial charge in [0.05, 0.1) is 17.5 Å². The highest BCUT2D eigenvalue weighted by Gasteiger charge is 2.23. The van der Waals surface area contributed by atoms with Crippen LogP contribution in [0.2, 0.25) is 0 Å². The number of aromatic nitrogens is 1. The summed E-state index contributed by atoms with van der Waals surface area (Å²) < 4.78 is 20.6. The molecule has 1 amide bonds. The number of halogens is 1. The molecule has 1 aliphatic carbocycles. The molecular formula is C23H25FN2O3. The van der Waals surface area contributed by atoms with Gasteiger partial charge in [-0.3, -0.25) is 9.59 Å². The molecule has 29 heavy (non-hydrogen) atoms. The van der Waals surface area contributed by atoms with Gasteiger partial charge in [-0.2, -0.15) is 0 Å². The number of pyridine rings is 1. The molecular weight excluding hydrogens is 371 g/mol. The number of hydrogen-bond donors (Lipinski definition) is 1. The van der Waals surface area contributed by atoms with Crippen LogP contribution in [0, 0.1) is 18.7 Å². The Morgan fingerprint density at radius 2 is 2.03 bits per heavy atom. The predicted octanol–water partition coefficient (Wildman–Crippen LogP) is 4.40. The second-order valence-corrected chi connectivity index (χ2v) is 7.87. The minimum absolute atomic E-state index is 0.222. The third-order valence-corrected chi connectivity index (χ3v) is 5.74. The topological polar surface area (TPSA) is 64.2 Å². The summed E-state index contributed by atoms with van der Waals surface area (Å²) in [7, 11) is 0. The van der Waals surface area contributed by atoms with Gasteiger partial charge in [-0.1, -0.05) is 31.4 Å². The van der Waals surface area contributed by atoms with Crippen molar-refractivity contribution in [3.8, 4) is 0 Å². The molecule has 0 aliphatic heterocycles. The summed E-state index contributed by atoms with van der Waals surface area (Å²) in [6, 6.07) is 7.82. The summed E-state index contributed by atoms with van der Waals surface area (Å²) in [6.45, 7) is 2.54. The smallest absolute Gasteiger partial charge is 0.262 e. The Kier molecular flexibility index (Phi) is 5.51. The van der Waals surface area contributed by atoms with Gasteiger partial charge in [0.1, 0.15) is 17.2 Å². The summed E-state index contributed by atoms with van der Waals surface area (Å²) in [5.74, 6) is 0.309. The molecule has 0 atom stereocenters. The molecule has 1 N–H and O–H groups in total. The van der Waals surface area contributed by atoms with Crippen LogP contribution in [0.25, 0.3) is 11.0 Å². The standard InChI is InChI=1S/C23H25FN2O3/c1-15-20(22(27)25-13-16-6-3-2-4-7-16)21-19(29-15)10-11-26(23(21)28)14-17-8-5-9-18(24)12-17/h5,8-12,16H,2-4,6-7,13-14H2,1H3,(H,25,27).